The standard InChI is InChI=1S/C33H33N3O6/c1-21(2)31(37)35-20-41-28-16-11-25-17-29(33(39)42-30(25)18-28)32(38)36-27-14-9-24(10-15-27)6-5-23-7-12-26(13-8-23)34-19-40-22(3)4/h7-18,34H,1,3,5-6,19-20H2,2,4H3,(H,35,37)(H,36,38). The Kier molecular flexibility index (Phi) is 9.78. The van der Waals surface area contributed by atoms with E-state index in [0.29, 0.717) is 34.9 Å². The molecule has 0 unspecified atom stereocenters. The first kappa shape index (κ1) is 29.7. The maximum Gasteiger partial charge on any atom is 0.349 e. The van der Waals surface area contributed by atoms with Crippen LogP contribution in [0.1, 0.15) is 35.3 Å². The zero-order valence-corrected chi connectivity index (χ0v) is 23.6. The van der Waals surface area contributed by atoms with Gasteiger partial charge in [-0.05, 0) is 80.3 Å². The summed E-state index contributed by atoms with van der Waals surface area (Å²) in [5, 5.41) is 9.04. The molecule has 0 saturated carbocycles. The van der Waals surface area contributed by atoms with Gasteiger partial charge in [-0.25, -0.2) is 4.79 Å². The fourth-order valence-corrected chi connectivity index (χ4v) is 3.95. The average molecular weight is 568 g/mol. The van der Waals surface area contributed by atoms with Crippen LogP contribution in [0.15, 0.2) is 106 Å². The van der Waals surface area contributed by atoms with Crippen molar-refractivity contribution in [2.75, 3.05) is 24.1 Å². The molecule has 1 aromatic heterocycles. The van der Waals surface area contributed by atoms with E-state index in [0.717, 1.165) is 24.1 Å². The van der Waals surface area contributed by atoms with Crippen LogP contribution < -0.4 is 26.3 Å². The number of amides is 2. The van der Waals surface area contributed by atoms with Crippen molar-refractivity contribution >= 4 is 34.2 Å². The zero-order valence-electron chi connectivity index (χ0n) is 23.6. The summed E-state index contributed by atoms with van der Waals surface area (Å²) in [6.07, 6.45) is 1.70. The van der Waals surface area contributed by atoms with Gasteiger partial charge in [-0.2, -0.15) is 0 Å². The van der Waals surface area contributed by atoms with Crippen molar-refractivity contribution in [2.24, 2.45) is 0 Å². The van der Waals surface area contributed by atoms with Gasteiger partial charge in [0.1, 0.15) is 16.9 Å². The molecule has 9 nitrogen and oxygen atoms in total. The minimum atomic E-state index is -0.770. The first-order chi connectivity index (χ1) is 20.2. The molecule has 4 rings (SSSR count). The number of hydrogen-bond donors (Lipinski definition) is 3. The summed E-state index contributed by atoms with van der Waals surface area (Å²) >= 11 is 0. The highest BCUT2D eigenvalue weighted by molar-refractivity contribution is 6.05. The molecule has 3 aromatic carbocycles. The third-order valence-corrected chi connectivity index (χ3v) is 6.27. The van der Waals surface area contributed by atoms with Crippen LogP contribution in [0.25, 0.3) is 11.0 Å². The van der Waals surface area contributed by atoms with Crippen LogP contribution in [-0.2, 0) is 22.4 Å². The number of carbonyl (C=O) groups is 2. The first-order valence-corrected chi connectivity index (χ1v) is 13.3. The SMILES string of the molecule is C=C(C)OCNc1ccc(CCc2ccc(NC(=O)c3cc4ccc(OCNC(=O)C(=C)C)cc4oc3=O)cc2)cc1. The number of aryl methyl sites for hydroxylation is 2. The quantitative estimate of drug-likeness (QED) is 0.0811. The summed E-state index contributed by atoms with van der Waals surface area (Å²) < 4.78 is 16.2. The molecule has 1 heterocycles. The van der Waals surface area contributed by atoms with E-state index in [1.165, 1.54) is 17.7 Å². The Morgan fingerprint density at radius 2 is 1.48 bits per heavy atom. The Balaban J connectivity index is 1.31. The van der Waals surface area contributed by atoms with E-state index >= 15 is 0 Å². The summed E-state index contributed by atoms with van der Waals surface area (Å²) in [6, 6.07) is 22.0. The number of benzene rings is 3. The number of allylic oxidation sites excluding steroid dienone is 1. The van der Waals surface area contributed by atoms with Crippen molar-refractivity contribution in [1.29, 1.82) is 0 Å². The molecular weight excluding hydrogens is 534 g/mol. The average Bonchev–Trinajstić information content (AvgIpc) is 2.96. The highest BCUT2D eigenvalue weighted by Crippen LogP contribution is 2.21. The fraction of sp³-hybridized carbons (Fsp3) is 0.182. The minimum absolute atomic E-state index is 0.0712. The monoisotopic (exact) mass is 567 g/mol. The van der Waals surface area contributed by atoms with Gasteiger partial charge in [0.25, 0.3) is 5.91 Å². The second-order valence-corrected chi connectivity index (χ2v) is 9.74. The van der Waals surface area contributed by atoms with Crippen LogP contribution in [-0.4, -0.2) is 25.3 Å². The van der Waals surface area contributed by atoms with Gasteiger partial charge < -0.3 is 29.8 Å². The second kappa shape index (κ2) is 13.8. The molecule has 3 N–H and O–H groups in total. The van der Waals surface area contributed by atoms with E-state index in [1.807, 2.05) is 24.3 Å². The Morgan fingerprint density at radius 3 is 2.10 bits per heavy atom. The van der Waals surface area contributed by atoms with Crippen LogP contribution in [0, 0.1) is 0 Å². The van der Waals surface area contributed by atoms with Crippen molar-refractivity contribution in [3.8, 4) is 5.75 Å². The molecule has 0 aliphatic rings. The van der Waals surface area contributed by atoms with E-state index in [-0.39, 0.29) is 23.8 Å². The number of hydrogen-bond acceptors (Lipinski definition) is 7. The molecule has 0 radical (unpaired) electrons. The zero-order chi connectivity index (χ0) is 30.1. The highest BCUT2D eigenvalue weighted by Gasteiger charge is 2.15. The van der Waals surface area contributed by atoms with Crippen molar-refractivity contribution < 1.29 is 23.5 Å². The van der Waals surface area contributed by atoms with Gasteiger partial charge in [-0.3, -0.25) is 9.59 Å². The Bertz CT molecular complexity index is 1660. The molecule has 216 valence electrons. The molecule has 4 aromatic rings. The van der Waals surface area contributed by atoms with Crippen molar-refractivity contribution in [3.63, 3.8) is 0 Å². The lowest BCUT2D eigenvalue weighted by Crippen LogP contribution is -2.27. The molecule has 9 heteroatoms. The lowest BCUT2D eigenvalue weighted by Gasteiger charge is -2.10. The molecule has 0 aliphatic carbocycles. The Labute approximate surface area is 243 Å². The fourth-order valence-electron chi connectivity index (χ4n) is 3.95. The van der Waals surface area contributed by atoms with Crippen LogP contribution >= 0.6 is 0 Å². The maximum atomic E-state index is 12.9. The number of anilines is 2. The minimum Gasteiger partial charge on any atom is -0.479 e. The molecule has 0 aliphatic heterocycles. The summed E-state index contributed by atoms with van der Waals surface area (Å²) in [4.78, 5) is 37.0. The normalized spacial score (nSPS) is 10.5. The lowest BCUT2D eigenvalue weighted by atomic mass is 10.0. The molecule has 0 fully saturated rings. The number of rotatable bonds is 13. The van der Waals surface area contributed by atoms with E-state index in [9.17, 15) is 14.4 Å². The molecule has 0 saturated heterocycles. The van der Waals surface area contributed by atoms with E-state index in [1.54, 1.807) is 38.1 Å². The Hall–Kier alpha value is -5.31. The third-order valence-electron chi connectivity index (χ3n) is 6.27. The predicted octanol–water partition coefficient (Wildman–Crippen LogP) is 5.78. The van der Waals surface area contributed by atoms with Crippen LogP contribution in [0.5, 0.6) is 5.75 Å². The second-order valence-electron chi connectivity index (χ2n) is 9.74. The first-order valence-electron chi connectivity index (χ1n) is 13.3. The van der Waals surface area contributed by atoms with Crippen LogP contribution in [0.2, 0.25) is 0 Å². The smallest absolute Gasteiger partial charge is 0.349 e. The number of nitrogens with one attached hydrogen (secondary N) is 3. The van der Waals surface area contributed by atoms with Gasteiger partial charge in [-0.1, -0.05) is 37.4 Å². The van der Waals surface area contributed by atoms with Gasteiger partial charge in [0.15, 0.2) is 13.5 Å². The number of ether oxygens (including phenoxy) is 2. The van der Waals surface area contributed by atoms with Gasteiger partial charge >= 0.3 is 5.63 Å². The van der Waals surface area contributed by atoms with E-state index < -0.39 is 11.5 Å². The molecule has 0 bridgehead atoms. The third kappa shape index (κ3) is 8.34. The van der Waals surface area contributed by atoms with Crippen LogP contribution in [0.4, 0.5) is 11.4 Å². The largest absolute Gasteiger partial charge is 0.479 e. The van der Waals surface area contributed by atoms with Crippen molar-refractivity contribution in [2.45, 2.75) is 26.7 Å². The summed E-state index contributed by atoms with van der Waals surface area (Å²) in [5.41, 5.74) is 3.60. The number of fused-ring (bicyclic) bond motifs is 1. The van der Waals surface area contributed by atoms with Gasteiger partial charge in [0.05, 0.1) is 5.76 Å². The maximum absolute atomic E-state index is 12.9. The predicted molar refractivity (Wildman–Crippen MR) is 164 cm³/mol. The topological polar surface area (TPSA) is 119 Å². The molecule has 0 spiro atoms. The van der Waals surface area contributed by atoms with Crippen molar-refractivity contribution in [1.82, 2.24) is 5.32 Å². The van der Waals surface area contributed by atoms with Crippen LogP contribution in [0.3, 0.4) is 0 Å². The molecule has 2 amide bonds. The van der Waals surface area contributed by atoms with Crippen molar-refractivity contribution in [3.05, 3.63) is 124 Å². The molecular formula is C33H33N3O6. The van der Waals surface area contributed by atoms with Gasteiger partial charge in [0.2, 0.25) is 5.91 Å². The molecule has 42 heavy (non-hydrogen) atoms. The molecule has 0 atom stereocenters. The van der Waals surface area contributed by atoms with E-state index in [4.69, 9.17) is 13.9 Å². The summed E-state index contributed by atoms with van der Waals surface area (Å²) in [5.74, 6) is 0.162. The lowest BCUT2D eigenvalue weighted by molar-refractivity contribution is -0.118. The highest BCUT2D eigenvalue weighted by atomic mass is 16.5. The van der Waals surface area contributed by atoms with Gasteiger partial charge in [-0.15, -0.1) is 0 Å². The summed E-state index contributed by atoms with van der Waals surface area (Å²) in [6.45, 7) is 11.0. The summed E-state index contributed by atoms with van der Waals surface area (Å²) in [7, 11) is 0. The number of carbonyl (C=O) groups excluding carboxylic acids is 2. The Morgan fingerprint density at radius 1 is 0.833 bits per heavy atom. The van der Waals surface area contributed by atoms with E-state index in [2.05, 4.69) is 41.2 Å². The van der Waals surface area contributed by atoms with Gasteiger partial charge in [0, 0.05) is 28.4 Å².